The Morgan fingerprint density at radius 3 is 2.42 bits per heavy atom. The Labute approximate surface area is 153 Å². The molecule has 0 unspecified atom stereocenters. The van der Waals surface area contributed by atoms with Crippen molar-refractivity contribution in [3.8, 4) is 0 Å². The summed E-state index contributed by atoms with van der Waals surface area (Å²) in [5.41, 5.74) is 2.88. The van der Waals surface area contributed by atoms with E-state index in [9.17, 15) is 9.59 Å². The molecular formula is C19H23N5O2. The normalized spacial score (nSPS) is 14.3. The zero-order valence-corrected chi connectivity index (χ0v) is 15.3. The van der Waals surface area contributed by atoms with Crippen molar-refractivity contribution in [3.63, 3.8) is 0 Å². The quantitative estimate of drug-likeness (QED) is 0.913. The highest BCUT2D eigenvalue weighted by atomic mass is 16.2. The van der Waals surface area contributed by atoms with Crippen LogP contribution in [-0.4, -0.2) is 52.9 Å². The van der Waals surface area contributed by atoms with Crippen molar-refractivity contribution in [1.29, 1.82) is 0 Å². The number of hydrogen-bond acceptors (Lipinski definition) is 5. The van der Waals surface area contributed by atoms with Gasteiger partial charge in [0.25, 0.3) is 5.91 Å². The Balaban J connectivity index is 1.75. The second-order valence-electron chi connectivity index (χ2n) is 6.51. The highest BCUT2D eigenvalue weighted by molar-refractivity contribution is 6.03. The number of piperazine rings is 1. The zero-order valence-electron chi connectivity index (χ0n) is 15.3. The van der Waals surface area contributed by atoms with Gasteiger partial charge in [-0.25, -0.2) is 9.97 Å². The van der Waals surface area contributed by atoms with E-state index in [0.717, 1.165) is 16.9 Å². The summed E-state index contributed by atoms with van der Waals surface area (Å²) >= 11 is 0. The summed E-state index contributed by atoms with van der Waals surface area (Å²) in [6.07, 6.45) is 0. The number of aromatic nitrogens is 2. The smallest absolute Gasteiger partial charge is 0.274 e. The van der Waals surface area contributed by atoms with E-state index in [1.54, 1.807) is 17.9 Å². The fraction of sp³-hybridized carbons (Fsp3) is 0.368. The van der Waals surface area contributed by atoms with Crippen LogP contribution in [0.1, 0.15) is 28.7 Å². The van der Waals surface area contributed by atoms with Crippen LogP contribution >= 0.6 is 0 Å². The lowest BCUT2D eigenvalue weighted by Gasteiger charge is -2.34. The molecule has 0 aliphatic carbocycles. The van der Waals surface area contributed by atoms with E-state index in [1.165, 1.54) is 0 Å². The Morgan fingerprint density at radius 1 is 1.04 bits per heavy atom. The van der Waals surface area contributed by atoms with Gasteiger partial charge in [-0.1, -0.05) is 12.1 Å². The van der Waals surface area contributed by atoms with Gasteiger partial charge in [-0.3, -0.25) is 9.59 Å². The van der Waals surface area contributed by atoms with E-state index in [2.05, 4.69) is 15.3 Å². The summed E-state index contributed by atoms with van der Waals surface area (Å²) < 4.78 is 0. The van der Waals surface area contributed by atoms with Gasteiger partial charge in [0.1, 0.15) is 5.69 Å². The first kappa shape index (κ1) is 17.8. The molecule has 0 bridgehead atoms. The van der Waals surface area contributed by atoms with Gasteiger partial charge in [-0.15, -0.1) is 0 Å². The van der Waals surface area contributed by atoms with Crippen molar-refractivity contribution in [3.05, 3.63) is 47.3 Å². The van der Waals surface area contributed by atoms with E-state index < -0.39 is 0 Å². The lowest BCUT2D eigenvalue weighted by Crippen LogP contribution is -2.48. The molecule has 1 saturated heterocycles. The molecule has 1 fully saturated rings. The summed E-state index contributed by atoms with van der Waals surface area (Å²) in [5.74, 6) is 0.348. The maximum atomic E-state index is 12.6. The number of carbonyl (C=O) groups is 2. The third kappa shape index (κ3) is 4.17. The van der Waals surface area contributed by atoms with Gasteiger partial charge in [-0.2, -0.15) is 0 Å². The van der Waals surface area contributed by atoms with Crippen LogP contribution in [0.15, 0.2) is 30.3 Å². The number of aryl methyl sites for hydroxylation is 2. The number of carbonyl (C=O) groups excluding carboxylic acids is 2. The molecule has 0 radical (unpaired) electrons. The minimum atomic E-state index is -0.260. The summed E-state index contributed by atoms with van der Waals surface area (Å²) in [5, 5.41) is 2.88. The predicted molar refractivity (Wildman–Crippen MR) is 100 cm³/mol. The molecule has 3 rings (SSSR count). The van der Waals surface area contributed by atoms with Gasteiger partial charge in [0.05, 0.1) is 0 Å². The van der Waals surface area contributed by atoms with E-state index in [4.69, 9.17) is 0 Å². The third-order valence-electron chi connectivity index (χ3n) is 4.36. The summed E-state index contributed by atoms with van der Waals surface area (Å²) in [7, 11) is 0. The maximum absolute atomic E-state index is 12.6. The molecule has 1 aliphatic rings. The molecule has 136 valence electrons. The standard InChI is InChI=1S/C19H23N5O2/c1-13-5-4-6-16(11-13)21-18(26)17-12-14(2)20-19(22-17)24-9-7-23(8-10-24)15(3)25/h4-6,11-12H,7-10H2,1-3H3,(H,21,26). The second-order valence-corrected chi connectivity index (χ2v) is 6.51. The van der Waals surface area contributed by atoms with Crippen molar-refractivity contribution in [1.82, 2.24) is 14.9 Å². The molecule has 2 aromatic rings. The predicted octanol–water partition coefficient (Wildman–Crippen LogP) is 2.01. The lowest BCUT2D eigenvalue weighted by molar-refractivity contribution is -0.129. The van der Waals surface area contributed by atoms with Gasteiger partial charge in [-0.05, 0) is 37.6 Å². The van der Waals surface area contributed by atoms with Crippen LogP contribution in [0.3, 0.4) is 0 Å². The first-order valence-corrected chi connectivity index (χ1v) is 8.66. The van der Waals surface area contributed by atoms with Crippen LogP contribution in [0.2, 0.25) is 0 Å². The van der Waals surface area contributed by atoms with Gasteiger partial charge >= 0.3 is 0 Å². The third-order valence-corrected chi connectivity index (χ3v) is 4.36. The Bertz CT molecular complexity index is 828. The Kier molecular flexibility index (Phi) is 5.16. The first-order chi connectivity index (χ1) is 12.4. The second kappa shape index (κ2) is 7.51. The average Bonchev–Trinajstić information content (AvgIpc) is 2.61. The zero-order chi connectivity index (χ0) is 18.7. The number of benzene rings is 1. The van der Waals surface area contributed by atoms with Gasteiger partial charge in [0.2, 0.25) is 11.9 Å². The summed E-state index contributed by atoms with van der Waals surface area (Å²) in [6, 6.07) is 9.31. The fourth-order valence-electron chi connectivity index (χ4n) is 2.95. The molecule has 26 heavy (non-hydrogen) atoms. The van der Waals surface area contributed by atoms with E-state index in [1.807, 2.05) is 43.0 Å². The molecule has 2 heterocycles. The van der Waals surface area contributed by atoms with Gasteiger partial charge in [0, 0.05) is 44.5 Å². The molecule has 7 nitrogen and oxygen atoms in total. The van der Waals surface area contributed by atoms with Crippen LogP contribution in [0, 0.1) is 13.8 Å². The van der Waals surface area contributed by atoms with Crippen LogP contribution in [0.5, 0.6) is 0 Å². The molecule has 1 N–H and O–H groups in total. The monoisotopic (exact) mass is 353 g/mol. The topological polar surface area (TPSA) is 78.4 Å². The molecular weight excluding hydrogens is 330 g/mol. The number of nitrogens with zero attached hydrogens (tertiary/aromatic N) is 4. The van der Waals surface area contributed by atoms with Crippen molar-refractivity contribution >= 4 is 23.5 Å². The highest BCUT2D eigenvalue weighted by Gasteiger charge is 2.22. The Morgan fingerprint density at radius 2 is 1.77 bits per heavy atom. The molecule has 1 aliphatic heterocycles. The Hall–Kier alpha value is -2.96. The minimum absolute atomic E-state index is 0.0769. The van der Waals surface area contributed by atoms with E-state index in [-0.39, 0.29) is 11.8 Å². The first-order valence-electron chi connectivity index (χ1n) is 8.66. The lowest BCUT2D eigenvalue weighted by atomic mass is 10.2. The van der Waals surface area contributed by atoms with Crippen molar-refractivity contribution in [2.45, 2.75) is 20.8 Å². The van der Waals surface area contributed by atoms with E-state index >= 15 is 0 Å². The number of amides is 2. The van der Waals surface area contributed by atoms with Crippen molar-refractivity contribution in [2.75, 3.05) is 36.4 Å². The summed E-state index contributed by atoms with van der Waals surface area (Å²) in [4.78, 5) is 36.8. The van der Waals surface area contributed by atoms with Crippen LogP contribution in [-0.2, 0) is 4.79 Å². The number of hydrogen-bond donors (Lipinski definition) is 1. The fourth-order valence-corrected chi connectivity index (χ4v) is 2.95. The minimum Gasteiger partial charge on any atom is -0.339 e. The molecule has 0 saturated carbocycles. The van der Waals surface area contributed by atoms with Gasteiger partial charge in [0.15, 0.2) is 0 Å². The molecule has 2 amide bonds. The van der Waals surface area contributed by atoms with E-state index in [0.29, 0.717) is 37.8 Å². The summed E-state index contributed by atoms with van der Waals surface area (Å²) in [6.45, 7) is 7.98. The number of nitrogens with one attached hydrogen (secondary N) is 1. The van der Waals surface area contributed by atoms with Crippen molar-refractivity contribution < 1.29 is 9.59 Å². The number of anilines is 2. The highest BCUT2D eigenvalue weighted by Crippen LogP contribution is 2.15. The average molecular weight is 353 g/mol. The van der Waals surface area contributed by atoms with Crippen molar-refractivity contribution in [2.24, 2.45) is 0 Å². The van der Waals surface area contributed by atoms with Gasteiger partial charge < -0.3 is 15.1 Å². The van der Waals surface area contributed by atoms with Crippen LogP contribution in [0.25, 0.3) is 0 Å². The van der Waals surface area contributed by atoms with Crippen LogP contribution < -0.4 is 10.2 Å². The molecule has 7 heteroatoms. The molecule has 0 spiro atoms. The molecule has 1 aromatic carbocycles. The maximum Gasteiger partial charge on any atom is 0.274 e. The molecule has 1 aromatic heterocycles. The number of rotatable bonds is 3. The largest absolute Gasteiger partial charge is 0.339 e. The molecule has 0 atom stereocenters. The SMILES string of the molecule is CC(=O)N1CCN(c2nc(C)cc(C(=O)Nc3cccc(C)c3)n2)CC1. The van der Waals surface area contributed by atoms with Crippen LogP contribution in [0.4, 0.5) is 11.6 Å².